The summed E-state index contributed by atoms with van der Waals surface area (Å²) < 4.78 is 0. The normalized spacial score (nSPS) is 30.5. The number of nitrogens with zero attached hydrogens (tertiary/aromatic N) is 2. The molecule has 0 amide bonds. The molecular formula is C14H29N3. The van der Waals surface area contributed by atoms with Gasteiger partial charge in [0.15, 0.2) is 0 Å². The predicted molar refractivity (Wildman–Crippen MR) is 73.4 cm³/mol. The Morgan fingerprint density at radius 3 is 2.88 bits per heavy atom. The van der Waals surface area contributed by atoms with Crippen LogP contribution < -0.4 is 5.32 Å². The summed E-state index contributed by atoms with van der Waals surface area (Å²) >= 11 is 0. The molecule has 17 heavy (non-hydrogen) atoms. The van der Waals surface area contributed by atoms with Crippen molar-refractivity contribution < 1.29 is 0 Å². The van der Waals surface area contributed by atoms with Gasteiger partial charge in [-0.2, -0.15) is 0 Å². The molecule has 0 spiro atoms. The van der Waals surface area contributed by atoms with Crippen LogP contribution in [0.25, 0.3) is 0 Å². The van der Waals surface area contributed by atoms with E-state index in [0.29, 0.717) is 0 Å². The highest BCUT2D eigenvalue weighted by Gasteiger charge is 2.24. The van der Waals surface area contributed by atoms with Crippen LogP contribution in [-0.4, -0.2) is 62.7 Å². The van der Waals surface area contributed by atoms with Crippen molar-refractivity contribution in [3.05, 3.63) is 0 Å². The van der Waals surface area contributed by atoms with Crippen LogP contribution in [0.15, 0.2) is 0 Å². The zero-order valence-corrected chi connectivity index (χ0v) is 11.6. The zero-order valence-electron chi connectivity index (χ0n) is 11.6. The van der Waals surface area contributed by atoms with Crippen LogP contribution >= 0.6 is 0 Å². The highest BCUT2D eigenvalue weighted by Crippen LogP contribution is 2.20. The van der Waals surface area contributed by atoms with Gasteiger partial charge in [0.25, 0.3) is 0 Å². The number of rotatable bonds is 6. The maximum atomic E-state index is 3.47. The molecule has 0 saturated carbocycles. The first-order valence-electron chi connectivity index (χ1n) is 7.35. The Bertz CT molecular complexity index is 212. The van der Waals surface area contributed by atoms with Gasteiger partial charge in [-0.3, -0.25) is 4.90 Å². The Balaban J connectivity index is 1.63. The minimum absolute atomic E-state index is 0.826. The van der Waals surface area contributed by atoms with Crippen molar-refractivity contribution in [2.75, 3.05) is 46.8 Å². The van der Waals surface area contributed by atoms with Crippen LogP contribution in [0.4, 0.5) is 0 Å². The Labute approximate surface area is 107 Å². The first-order chi connectivity index (χ1) is 8.25. The molecule has 0 aliphatic carbocycles. The minimum atomic E-state index is 0.826. The molecule has 0 bridgehead atoms. The van der Waals surface area contributed by atoms with E-state index >= 15 is 0 Å². The molecule has 100 valence electrons. The highest BCUT2D eigenvalue weighted by molar-refractivity contribution is 4.81. The van der Waals surface area contributed by atoms with Crippen molar-refractivity contribution in [2.45, 2.75) is 38.1 Å². The molecule has 2 aliphatic rings. The highest BCUT2D eigenvalue weighted by atomic mass is 15.2. The SMILES string of the molecule is CN(C)CC1CCCN1CCCC1CCNC1. The molecule has 3 nitrogen and oxygen atoms in total. The van der Waals surface area contributed by atoms with E-state index in [9.17, 15) is 0 Å². The first-order valence-corrected chi connectivity index (χ1v) is 7.35. The van der Waals surface area contributed by atoms with Gasteiger partial charge in [-0.25, -0.2) is 0 Å². The molecule has 0 aromatic heterocycles. The van der Waals surface area contributed by atoms with Crippen molar-refractivity contribution >= 4 is 0 Å². The topological polar surface area (TPSA) is 18.5 Å². The van der Waals surface area contributed by atoms with Gasteiger partial charge >= 0.3 is 0 Å². The summed E-state index contributed by atoms with van der Waals surface area (Å²) in [4.78, 5) is 5.06. The molecule has 2 heterocycles. The Morgan fingerprint density at radius 2 is 2.18 bits per heavy atom. The summed E-state index contributed by atoms with van der Waals surface area (Å²) in [6.45, 7) is 6.42. The fourth-order valence-electron chi connectivity index (χ4n) is 3.36. The number of nitrogens with one attached hydrogen (secondary N) is 1. The molecule has 0 aromatic rings. The lowest BCUT2D eigenvalue weighted by molar-refractivity contribution is 0.202. The Kier molecular flexibility index (Phi) is 5.26. The standard InChI is InChI=1S/C14H29N3/c1-16(2)12-14-6-4-10-17(14)9-3-5-13-7-8-15-11-13/h13-15H,3-12H2,1-2H3. The summed E-state index contributed by atoms with van der Waals surface area (Å²) in [5.41, 5.74) is 0. The minimum Gasteiger partial charge on any atom is -0.316 e. The van der Waals surface area contributed by atoms with Crippen molar-refractivity contribution in [2.24, 2.45) is 5.92 Å². The Morgan fingerprint density at radius 1 is 1.29 bits per heavy atom. The number of hydrogen-bond donors (Lipinski definition) is 1. The van der Waals surface area contributed by atoms with E-state index in [2.05, 4.69) is 29.2 Å². The molecule has 1 N–H and O–H groups in total. The van der Waals surface area contributed by atoms with E-state index < -0.39 is 0 Å². The third-order valence-electron chi connectivity index (χ3n) is 4.30. The smallest absolute Gasteiger partial charge is 0.0223 e. The van der Waals surface area contributed by atoms with Crippen molar-refractivity contribution in [1.29, 1.82) is 0 Å². The molecule has 2 unspecified atom stereocenters. The second-order valence-electron chi connectivity index (χ2n) is 6.10. The monoisotopic (exact) mass is 239 g/mol. The third-order valence-corrected chi connectivity index (χ3v) is 4.30. The van der Waals surface area contributed by atoms with Crippen LogP contribution in [0, 0.1) is 5.92 Å². The Hall–Kier alpha value is -0.120. The van der Waals surface area contributed by atoms with E-state index in [1.807, 2.05) is 0 Å². The quantitative estimate of drug-likeness (QED) is 0.756. The van der Waals surface area contributed by atoms with Crippen molar-refractivity contribution in [3.63, 3.8) is 0 Å². The van der Waals surface area contributed by atoms with Crippen LogP contribution in [-0.2, 0) is 0 Å². The van der Waals surface area contributed by atoms with Gasteiger partial charge in [-0.1, -0.05) is 0 Å². The largest absolute Gasteiger partial charge is 0.316 e. The van der Waals surface area contributed by atoms with Crippen LogP contribution in [0.1, 0.15) is 32.1 Å². The van der Waals surface area contributed by atoms with Crippen molar-refractivity contribution in [3.8, 4) is 0 Å². The van der Waals surface area contributed by atoms with Crippen LogP contribution in [0.3, 0.4) is 0 Å². The van der Waals surface area contributed by atoms with E-state index in [0.717, 1.165) is 12.0 Å². The van der Waals surface area contributed by atoms with E-state index in [1.165, 1.54) is 64.8 Å². The molecule has 3 heteroatoms. The molecule has 2 rings (SSSR count). The molecule has 2 aliphatic heterocycles. The van der Waals surface area contributed by atoms with E-state index in [4.69, 9.17) is 0 Å². The second kappa shape index (κ2) is 6.72. The van der Waals surface area contributed by atoms with E-state index in [-0.39, 0.29) is 0 Å². The lowest BCUT2D eigenvalue weighted by atomic mass is 10.0. The van der Waals surface area contributed by atoms with Crippen LogP contribution in [0.5, 0.6) is 0 Å². The lowest BCUT2D eigenvalue weighted by Gasteiger charge is -2.27. The number of hydrogen-bond acceptors (Lipinski definition) is 3. The molecular weight excluding hydrogens is 210 g/mol. The third kappa shape index (κ3) is 4.23. The fraction of sp³-hybridized carbons (Fsp3) is 1.00. The summed E-state index contributed by atoms with van der Waals surface area (Å²) in [5.74, 6) is 0.963. The molecule has 2 atom stereocenters. The van der Waals surface area contributed by atoms with Gasteiger partial charge in [0.1, 0.15) is 0 Å². The molecule has 0 aromatic carbocycles. The van der Waals surface area contributed by atoms with E-state index in [1.54, 1.807) is 0 Å². The summed E-state index contributed by atoms with van der Waals surface area (Å²) in [7, 11) is 4.39. The van der Waals surface area contributed by atoms with Gasteiger partial charge < -0.3 is 10.2 Å². The summed E-state index contributed by atoms with van der Waals surface area (Å²) in [5, 5.41) is 3.47. The van der Waals surface area contributed by atoms with Gasteiger partial charge in [-0.15, -0.1) is 0 Å². The average Bonchev–Trinajstić information content (AvgIpc) is 2.90. The summed E-state index contributed by atoms with van der Waals surface area (Å²) in [6.07, 6.45) is 7.04. The van der Waals surface area contributed by atoms with Gasteiger partial charge in [0.05, 0.1) is 0 Å². The summed E-state index contributed by atoms with van der Waals surface area (Å²) in [6, 6.07) is 0.826. The van der Waals surface area contributed by atoms with Gasteiger partial charge in [0, 0.05) is 12.6 Å². The lowest BCUT2D eigenvalue weighted by Crippen LogP contribution is -2.38. The maximum Gasteiger partial charge on any atom is 0.0223 e. The second-order valence-corrected chi connectivity index (χ2v) is 6.10. The number of likely N-dealkylation sites (N-methyl/N-ethyl adjacent to an activating group) is 1. The fourth-order valence-corrected chi connectivity index (χ4v) is 3.36. The van der Waals surface area contributed by atoms with Crippen molar-refractivity contribution in [1.82, 2.24) is 15.1 Å². The average molecular weight is 239 g/mol. The molecule has 2 saturated heterocycles. The first kappa shape index (κ1) is 13.3. The zero-order chi connectivity index (χ0) is 12.1. The van der Waals surface area contributed by atoms with Gasteiger partial charge in [-0.05, 0) is 78.3 Å². The molecule has 2 fully saturated rings. The van der Waals surface area contributed by atoms with Gasteiger partial charge in [0.2, 0.25) is 0 Å². The maximum absolute atomic E-state index is 3.47. The molecule has 0 radical (unpaired) electrons. The number of likely N-dealkylation sites (tertiary alicyclic amines) is 1. The van der Waals surface area contributed by atoms with Crippen LogP contribution in [0.2, 0.25) is 0 Å². The predicted octanol–water partition coefficient (Wildman–Crippen LogP) is 1.40.